The number of rotatable bonds is 5. The fourth-order valence-corrected chi connectivity index (χ4v) is 3.44. The molecule has 0 radical (unpaired) electrons. The molecule has 20 heavy (non-hydrogen) atoms. The lowest BCUT2D eigenvalue weighted by Crippen LogP contribution is -2.44. The molecule has 1 aromatic rings. The molecule has 6 nitrogen and oxygen atoms in total. The first-order valence-electron chi connectivity index (χ1n) is 5.87. The third kappa shape index (κ3) is 4.84. The van der Waals surface area contributed by atoms with Gasteiger partial charge in [-0.1, -0.05) is 20.8 Å². The van der Waals surface area contributed by atoms with Gasteiger partial charge in [-0.25, -0.2) is 13.1 Å². The minimum atomic E-state index is -3.82. The van der Waals surface area contributed by atoms with Crippen LogP contribution in [0.5, 0.6) is 0 Å². The summed E-state index contributed by atoms with van der Waals surface area (Å²) in [5, 5.41) is 8.90. The molecule has 1 unspecified atom stereocenters. The van der Waals surface area contributed by atoms with Crippen molar-refractivity contribution in [2.24, 2.45) is 5.41 Å². The topological polar surface area (TPSA) is 96.4 Å². The number of hydrogen-bond acceptors (Lipinski definition) is 4. The van der Waals surface area contributed by atoms with Crippen LogP contribution in [0.3, 0.4) is 0 Å². The van der Waals surface area contributed by atoms with Gasteiger partial charge in [0.25, 0.3) is 0 Å². The first-order chi connectivity index (χ1) is 9.02. The van der Waals surface area contributed by atoms with Crippen LogP contribution in [0.2, 0.25) is 0 Å². The van der Waals surface area contributed by atoms with Gasteiger partial charge >= 0.3 is 5.97 Å². The Kier molecular flexibility index (Phi) is 5.28. The van der Waals surface area contributed by atoms with Crippen molar-refractivity contribution in [2.75, 3.05) is 0 Å². The van der Waals surface area contributed by atoms with Crippen LogP contribution in [0.25, 0.3) is 0 Å². The quantitative estimate of drug-likeness (QED) is 0.832. The summed E-state index contributed by atoms with van der Waals surface area (Å²) in [6.45, 7) is 5.34. The second-order valence-electron chi connectivity index (χ2n) is 5.48. The summed E-state index contributed by atoms with van der Waals surface area (Å²) in [6.07, 6.45) is 2.40. The number of aromatic nitrogens is 1. The minimum absolute atomic E-state index is 0.00786. The maximum absolute atomic E-state index is 12.3. The lowest BCUT2D eigenvalue weighted by molar-refractivity contribution is -0.138. The molecule has 1 aromatic heterocycles. The van der Waals surface area contributed by atoms with E-state index < -0.39 is 27.4 Å². The van der Waals surface area contributed by atoms with Crippen LogP contribution in [0, 0.1) is 5.41 Å². The summed E-state index contributed by atoms with van der Waals surface area (Å²) in [5.41, 5.74) is -0.523. The highest BCUT2D eigenvalue weighted by Crippen LogP contribution is 2.24. The smallest absolute Gasteiger partial charge is 0.304 e. The minimum Gasteiger partial charge on any atom is -0.481 e. The highest BCUT2D eigenvalue weighted by molar-refractivity contribution is 9.10. The zero-order valence-corrected chi connectivity index (χ0v) is 13.8. The first-order valence-corrected chi connectivity index (χ1v) is 8.14. The Morgan fingerprint density at radius 2 is 2.05 bits per heavy atom. The number of hydrogen-bond donors (Lipinski definition) is 2. The number of pyridine rings is 1. The molecule has 0 aliphatic carbocycles. The fraction of sp³-hybridized carbons (Fsp3) is 0.500. The van der Waals surface area contributed by atoms with Crippen LogP contribution >= 0.6 is 15.9 Å². The van der Waals surface area contributed by atoms with Crippen molar-refractivity contribution in [1.29, 1.82) is 0 Å². The van der Waals surface area contributed by atoms with Gasteiger partial charge < -0.3 is 5.11 Å². The summed E-state index contributed by atoms with van der Waals surface area (Å²) in [5.74, 6) is -1.06. The van der Waals surface area contributed by atoms with Crippen molar-refractivity contribution in [2.45, 2.75) is 38.1 Å². The van der Waals surface area contributed by atoms with E-state index in [1.807, 2.05) is 0 Å². The highest BCUT2D eigenvalue weighted by Gasteiger charge is 2.31. The lowest BCUT2D eigenvalue weighted by atomic mass is 9.85. The van der Waals surface area contributed by atoms with Gasteiger partial charge in [-0.3, -0.25) is 9.78 Å². The van der Waals surface area contributed by atoms with Crippen molar-refractivity contribution < 1.29 is 18.3 Å². The maximum atomic E-state index is 12.3. The Balaban J connectivity index is 3.06. The molecule has 0 aromatic carbocycles. The molecule has 1 rings (SSSR count). The average Bonchev–Trinajstić information content (AvgIpc) is 2.26. The average molecular weight is 365 g/mol. The summed E-state index contributed by atoms with van der Waals surface area (Å²) in [4.78, 5) is 14.7. The molecule has 1 heterocycles. The van der Waals surface area contributed by atoms with Gasteiger partial charge in [0.15, 0.2) is 0 Å². The van der Waals surface area contributed by atoms with E-state index in [4.69, 9.17) is 5.11 Å². The fourth-order valence-electron chi connectivity index (χ4n) is 1.49. The second kappa shape index (κ2) is 6.19. The third-order valence-electron chi connectivity index (χ3n) is 2.71. The summed E-state index contributed by atoms with van der Waals surface area (Å²) >= 11 is 3.15. The molecule has 0 saturated carbocycles. The van der Waals surface area contributed by atoms with Crippen LogP contribution < -0.4 is 4.72 Å². The van der Waals surface area contributed by atoms with Crippen molar-refractivity contribution in [1.82, 2.24) is 9.71 Å². The molecule has 2 N–H and O–H groups in total. The molecule has 0 fully saturated rings. The van der Waals surface area contributed by atoms with Gasteiger partial charge in [0.2, 0.25) is 10.0 Å². The van der Waals surface area contributed by atoms with E-state index in [0.717, 1.165) is 0 Å². The highest BCUT2D eigenvalue weighted by atomic mass is 79.9. The SMILES string of the molecule is CC(C)(C)C(CC(=O)O)NS(=O)(=O)c1cncc(Br)c1. The summed E-state index contributed by atoms with van der Waals surface area (Å²) < 4.78 is 27.5. The Morgan fingerprint density at radius 1 is 1.45 bits per heavy atom. The number of carboxylic acids is 1. The van der Waals surface area contributed by atoms with Gasteiger partial charge in [-0.15, -0.1) is 0 Å². The Hall–Kier alpha value is -0.990. The Morgan fingerprint density at radius 3 is 2.50 bits per heavy atom. The van der Waals surface area contributed by atoms with E-state index in [1.54, 1.807) is 20.8 Å². The Bertz CT molecular complexity index is 596. The molecule has 0 saturated heterocycles. The Labute approximate surface area is 126 Å². The van der Waals surface area contributed by atoms with Crippen molar-refractivity contribution in [3.8, 4) is 0 Å². The predicted molar refractivity (Wildman–Crippen MR) is 77.8 cm³/mol. The van der Waals surface area contributed by atoms with Crippen LogP contribution in [0.4, 0.5) is 0 Å². The van der Waals surface area contributed by atoms with Gasteiger partial charge in [-0.05, 0) is 27.4 Å². The van der Waals surface area contributed by atoms with Crippen molar-refractivity contribution in [3.63, 3.8) is 0 Å². The zero-order chi connectivity index (χ0) is 15.6. The number of nitrogens with one attached hydrogen (secondary N) is 1. The third-order valence-corrected chi connectivity index (χ3v) is 4.58. The van der Waals surface area contributed by atoms with E-state index in [-0.39, 0.29) is 11.3 Å². The van der Waals surface area contributed by atoms with Gasteiger partial charge in [-0.2, -0.15) is 0 Å². The largest absolute Gasteiger partial charge is 0.481 e. The van der Waals surface area contributed by atoms with E-state index in [0.29, 0.717) is 4.47 Å². The van der Waals surface area contributed by atoms with E-state index in [2.05, 4.69) is 25.6 Å². The molecule has 0 aliphatic heterocycles. The monoisotopic (exact) mass is 364 g/mol. The number of halogens is 1. The van der Waals surface area contributed by atoms with Crippen LogP contribution in [-0.2, 0) is 14.8 Å². The molecular formula is C12H17BrN2O4S. The summed E-state index contributed by atoms with van der Waals surface area (Å²) in [6, 6.07) is 0.694. The number of sulfonamides is 1. The van der Waals surface area contributed by atoms with Crippen LogP contribution in [-0.4, -0.2) is 30.5 Å². The molecule has 8 heteroatoms. The molecule has 0 bridgehead atoms. The van der Waals surface area contributed by atoms with E-state index in [9.17, 15) is 13.2 Å². The first kappa shape index (κ1) is 17.1. The molecule has 0 aliphatic rings. The molecule has 0 spiro atoms. The van der Waals surface area contributed by atoms with E-state index >= 15 is 0 Å². The predicted octanol–water partition coefficient (Wildman–Crippen LogP) is 2.01. The molecular weight excluding hydrogens is 348 g/mol. The van der Waals surface area contributed by atoms with Gasteiger partial charge in [0.05, 0.1) is 6.42 Å². The number of nitrogens with zero attached hydrogens (tertiary/aromatic N) is 1. The van der Waals surface area contributed by atoms with Gasteiger partial charge in [0.1, 0.15) is 4.90 Å². The molecule has 1 atom stereocenters. The van der Waals surface area contributed by atoms with E-state index in [1.165, 1.54) is 18.5 Å². The number of aliphatic carboxylic acids is 1. The normalized spacial score (nSPS) is 14.0. The number of carbonyl (C=O) groups is 1. The van der Waals surface area contributed by atoms with Crippen LogP contribution in [0.15, 0.2) is 27.8 Å². The van der Waals surface area contributed by atoms with Gasteiger partial charge in [0, 0.05) is 22.9 Å². The summed E-state index contributed by atoms with van der Waals surface area (Å²) in [7, 11) is -3.82. The maximum Gasteiger partial charge on any atom is 0.304 e. The lowest BCUT2D eigenvalue weighted by Gasteiger charge is -2.30. The second-order valence-corrected chi connectivity index (χ2v) is 8.11. The number of carboxylic acid groups (broad SMARTS) is 1. The standard InChI is InChI=1S/C12H17BrN2O4S/c1-12(2,3)10(5-11(16)17)15-20(18,19)9-4-8(13)6-14-7-9/h4,6-7,10,15H,5H2,1-3H3,(H,16,17). The molecule has 112 valence electrons. The molecule has 0 amide bonds. The van der Waals surface area contributed by atoms with Crippen LogP contribution in [0.1, 0.15) is 27.2 Å². The zero-order valence-electron chi connectivity index (χ0n) is 11.4. The van der Waals surface area contributed by atoms with Crippen molar-refractivity contribution >= 4 is 31.9 Å². The van der Waals surface area contributed by atoms with Crippen molar-refractivity contribution in [3.05, 3.63) is 22.9 Å².